The summed E-state index contributed by atoms with van der Waals surface area (Å²) in [4.78, 5) is 2.10. The highest BCUT2D eigenvalue weighted by molar-refractivity contribution is 5.50. The van der Waals surface area contributed by atoms with E-state index in [4.69, 9.17) is 10.00 Å². The van der Waals surface area contributed by atoms with Crippen molar-refractivity contribution in [3.63, 3.8) is 0 Å². The number of hydrogen-bond acceptors (Lipinski definition) is 3. The topological polar surface area (TPSA) is 36.3 Å². The summed E-state index contributed by atoms with van der Waals surface area (Å²) in [5.74, 6) is -0.456. The van der Waals surface area contributed by atoms with Crippen molar-refractivity contribution in [3.05, 3.63) is 29.6 Å². The van der Waals surface area contributed by atoms with E-state index in [1.165, 1.54) is 12.1 Å². The van der Waals surface area contributed by atoms with Crippen LogP contribution < -0.4 is 4.90 Å². The van der Waals surface area contributed by atoms with Gasteiger partial charge in [-0.1, -0.05) is 0 Å². The first kappa shape index (κ1) is 11.9. The molecule has 0 amide bonds. The number of rotatable bonds is 1. The molecule has 4 heteroatoms. The van der Waals surface area contributed by atoms with Gasteiger partial charge in [0.2, 0.25) is 0 Å². The van der Waals surface area contributed by atoms with E-state index in [0.717, 1.165) is 31.8 Å². The van der Waals surface area contributed by atoms with Crippen molar-refractivity contribution in [1.29, 1.82) is 5.26 Å². The monoisotopic (exact) mass is 234 g/mol. The van der Waals surface area contributed by atoms with Gasteiger partial charge in [-0.2, -0.15) is 5.26 Å². The van der Waals surface area contributed by atoms with E-state index in [9.17, 15) is 4.39 Å². The maximum atomic E-state index is 13.5. The zero-order valence-electron chi connectivity index (χ0n) is 9.82. The van der Waals surface area contributed by atoms with E-state index in [2.05, 4.69) is 4.90 Å². The molecule has 90 valence electrons. The number of hydrogen-bond donors (Lipinski definition) is 0. The number of benzene rings is 1. The molecule has 1 saturated heterocycles. The van der Waals surface area contributed by atoms with Crippen molar-refractivity contribution in [2.45, 2.75) is 19.4 Å². The lowest BCUT2D eigenvalue weighted by Crippen LogP contribution is -2.30. The molecule has 17 heavy (non-hydrogen) atoms. The van der Waals surface area contributed by atoms with E-state index < -0.39 is 5.82 Å². The number of halogens is 1. The van der Waals surface area contributed by atoms with Crippen LogP contribution in [0, 0.1) is 17.1 Å². The van der Waals surface area contributed by atoms with Crippen LogP contribution in [0.25, 0.3) is 0 Å². The SMILES string of the molecule is CC1CN(c2ccc(C#N)c(F)c2)CCCO1. The summed E-state index contributed by atoms with van der Waals surface area (Å²) in [6, 6.07) is 6.58. The molecule has 0 aromatic heterocycles. The molecule has 1 heterocycles. The van der Waals surface area contributed by atoms with Gasteiger partial charge in [0.15, 0.2) is 0 Å². The van der Waals surface area contributed by atoms with Crippen LogP contribution in [-0.4, -0.2) is 25.8 Å². The fourth-order valence-corrected chi connectivity index (χ4v) is 2.02. The maximum absolute atomic E-state index is 13.5. The second-order valence-corrected chi connectivity index (χ2v) is 4.26. The van der Waals surface area contributed by atoms with E-state index in [1.54, 1.807) is 6.07 Å². The number of nitrogens with zero attached hydrogens (tertiary/aromatic N) is 2. The molecule has 0 saturated carbocycles. The van der Waals surface area contributed by atoms with E-state index in [-0.39, 0.29) is 11.7 Å². The first-order chi connectivity index (χ1) is 8.20. The lowest BCUT2D eigenvalue weighted by atomic mass is 10.2. The molecular formula is C13H15FN2O. The first-order valence-electron chi connectivity index (χ1n) is 5.77. The second-order valence-electron chi connectivity index (χ2n) is 4.26. The number of ether oxygens (including phenoxy) is 1. The zero-order valence-corrected chi connectivity index (χ0v) is 9.82. The van der Waals surface area contributed by atoms with Gasteiger partial charge in [0.25, 0.3) is 0 Å². The zero-order chi connectivity index (χ0) is 12.3. The molecule has 1 aromatic rings. The Morgan fingerprint density at radius 1 is 1.53 bits per heavy atom. The van der Waals surface area contributed by atoms with Crippen LogP contribution in [0.2, 0.25) is 0 Å². The van der Waals surface area contributed by atoms with Crippen molar-refractivity contribution in [2.24, 2.45) is 0 Å². The van der Waals surface area contributed by atoms with Gasteiger partial charge in [-0.25, -0.2) is 4.39 Å². The van der Waals surface area contributed by atoms with Crippen LogP contribution in [0.1, 0.15) is 18.9 Å². The van der Waals surface area contributed by atoms with Gasteiger partial charge in [-0.05, 0) is 31.5 Å². The highest BCUT2D eigenvalue weighted by Crippen LogP contribution is 2.20. The van der Waals surface area contributed by atoms with E-state index >= 15 is 0 Å². The predicted octanol–water partition coefficient (Wildman–Crippen LogP) is 2.31. The third-order valence-corrected chi connectivity index (χ3v) is 2.89. The highest BCUT2D eigenvalue weighted by atomic mass is 19.1. The standard InChI is InChI=1S/C13H15FN2O/c1-10-9-16(5-2-6-17-10)12-4-3-11(8-15)13(14)7-12/h3-4,7,10H,2,5-6,9H2,1H3. The number of anilines is 1. The van der Waals surface area contributed by atoms with Crippen molar-refractivity contribution in [1.82, 2.24) is 0 Å². The Kier molecular flexibility index (Phi) is 3.60. The summed E-state index contributed by atoms with van der Waals surface area (Å²) in [5.41, 5.74) is 0.909. The van der Waals surface area contributed by atoms with Crippen LogP contribution in [0.3, 0.4) is 0 Å². The minimum atomic E-state index is -0.456. The predicted molar refractivity (Wildman–Crippen MR) is 63.4 cm³/mol. The average molecular weight is 234 g/mol. The Labute approximate surface area is 100 Å². The minimum absolute atomic E-state index is 0.0906. The molecule has 1 aliphatic rings. The molecular weight excluding hydrogens is 219 g/mol. The molecule has 0 N–H and O–H groups in total. The fraction of sp³-hybridized carbons (Fsp3) is 0.462. The Morgan fingerprint density at radius 2 is 2.35 bits per heavy atom. The van der Waals surface area contributed by atoms with Crippen LogP contribution in [0.4, 0.5) is 10.1 Å². The van der Waals surface area contributed by atoms with Crippen LogP contribution in [0.5, 0.6) is 0 Å². The summed E-state index contributed by atoms with van der Waals surface area (Å²) in [6.45, 7) is 4.37. The van der Waals surface area contributed by atoms with Crippen molar-refractivity contribution in [2.75, 3.05) is 24.6 Å². The molecule has 1 unspecified atom stereocenters. The molecule has 2 rings (SSSR count). The second kappa shape index (κ2) is 5.15. The van der Waals surface area contributed by atoms with Gasteiger partial charge >= 0.3 is 0 Å². The third kappa shape index (κ3) is 2.75. The van der Waals surface area contributed by atoms with Gasteiger partial charge in [-0.15, -0.1) is 0 Å². The summed E-state index contributed by atoms with van der Waals surface area (Å²) < 4.78 is 19.1. The summed E-state index contributed by atoms with van der Waals surface area (Å²) in [6.07, 6.45) is 1.09. The average Bonchev–Trinajstić information content (AvgIpc) is 2.54. The van der Waals surface area contributed by atoms with E-state index in [0.29, 0.717) is 0 Å². The van der Waals surface area contributed by atoms with Crippen molar-refractivity contribution in [3.8, 4) is 6.07 Å². The summed E-state index contributed by atoms with van der Waals surface area (Å²) in [5, 5.41) is 8.68. The molecule has 3 nitrogen and oxygen atoms in total. The smallest absolute Gasteiger partial charge is 0.143 e. The molecule has 0 bridgehead atoms. The van der Waals surface area contributed by atoms with Crippen molar-refractivity contribution >= 4 is 5.69 Å². The molecule has 1 aromatic carbocycles. The molecule has 0 spiro atoms. The maximum Gasteiger partial charge on any atom is 0.143 e. The fourth-order valence-electron chi connectivity index (χ4n) is 2.02. The normalized spacial score (nSPS) is 20.8. The van der Waals surface area contributed by atoms with E-state index in [1.807, 2.05) is 13.0 Å². The minimum Gasteiger partial charge on any atom is -0.377 e. The Hall–Kier alpha value is -1.60. The first-order valence-corrected chi connectivity index (χ1v) is 5.77. The molecule has 1 aliphatic heterocycles. The molecule has 0 radical (unpaired) electrons. The summed E-state index contributed by atoms with van der Waals surface area (Å²) >= 11 is 0. The quantitative estimate of drug-likeness (QED) is 0.748. The van der Waals surface area contributed by atoms with Crippen LogP contribution in [-0.2, 0) is 4.74 Å². The van der Waals surface area contributed by atoms with Gasteiger partial charge < -0.3 is 9.64 Å². The van der Waals surface area contributed by atoms with Crippen LogP contribution in [0.15, 0.2) is 18.2 Å². The molecule has 1 atom stereocenters. The largest absolute Gasteiger partial charge is 0.377 e. The third-order valence-electron chi connectivity index (χ3n) is 2.89. The highest BCUT2D eigenvalue weighted by Gasteiger charge is 2.16. The molecule has 0 aliphatic carbocycles. The van der Waals surface area contributed by atoms with Gasteiger partial charge in [-0.3, -0.25) is 0 Å². The lowest BCUT2D eigenvalue weighted by Gasteiger charge is -2.24. The van der Waals surface area contributed by atoms with Crippen LogP contribution >= 0.6 is 0 Å². The lowest BCUT2D eigenvalue weighted by molar-refractivity contribution is 0.0821. The number of nitriles is 1. The summed E-state index contributed by atoms with van der Waals surface area (Å²) in [7, 11) is 0. The Balaban J connectivity index is 2.21. The molecule has 1 fully saturated rings. The van der Waals surface area contributed by atoms with Gasteiger partial charge in [0.1, 0.15) is 11.9 Å². The Bertz CT molecular complexity index is 442. The van der Waals surface area contributed by atoms with Gasteiger partial charge in [0, 0.05) is 25.4 Å². The van der Waals surface area contributed by atoms with Crippen molar-refractivity contribution < 1.29 is 9.13 Å². The van der Waals surface area contributed by atoms with Gasteiger partial charge in [0.05, 0.1) is 11.7 Å². The Morgan fingerprint density at radius 3 is 3.06 bits per heavy atom.